The van der Waals surface area contributed by atoms with Crippen molar-refractivity contribution >= 4 is 34.3 Å². The minimum atomic E-state index is -0.935. The molecule has 1 heterocycles. The third kappa shape index (κ3) is 1.82. The number of carbonyl (C=O) groups is 2. The van der Waals surface area contributed by atoms with Gasteiger partial charge >= 0.3 is 5.97 Å². The van der Waals surface area contributed by atoms with Crippen molar-refractivity contribution in [1.29, 1.82) is 0 Å². The first-order valence-corrected chi connectivity index (χ1v) is 5.44. The van der Waals surface area contributed by atoms with Gasteiger partial charge in [0.15, 0.2) is 0 Å². The van der Waals surface area contributed by atoms with Gasteiger partial charge < -0.3 is 14.5 Å². The molecule has 0 atom stereocenters. The zero-order chi connectivity index (χ0) is 13.3. The molecule has 0 radical (unpaired) electrons. The highest BCUT2D eigenvalue weighted by molar-refractivity contribution is 6.45. The van der Waals surface area contributed by atoms with E-state index in [2.05, 4.69) is 9.72 Å². The molecule has 5 nitrogen and oxygen atoms in total. The highest BCUT2D eigenvalue weighted by Crippen LogP contribution is 2.33. The monoisotopic (exact) mass is 267 g/mol. The fraction of sp³-hybridized carbons (Fsp3) is 0.167. The first-order valence-electron chi connectivity index (χ1n) is 5.06. The highest BCUT2D eigenvalue weighted by Gasteiger charge is 2.23. The van der Waals surface area contributed by atoms with Crippen LogP contribution in [0.15, 0.2) is 18.3 Å². The molecule has 0 saturated carbocycles. The van der Waals surface area contributed by atoms with Crippen molar-refractivity contribution in [3.05, 3.63) is 28.9 Å². The second-order valence-electron chi connectivity index (χ2n) is 3.52. The quantitative estimate of drug-likeness (QED) is 0.526. The Kier molecular flexibility index (Phi) is 3.25. The zero-order valence-electron chi connectivity index (χ0n) is 9.74. The van der Waals surface area contributed by atoms with Gasteiger partial charge in [-0.15, -0.1) is 0 Å². The van der Waals surface area contributed by atoms with Gasteiger partial charge in [0, 0.05) is 11.6 Å². The molecule has 1 aromatic heterocycles. The van der Waals surface area contributed by atoms with Crippen LogP contribution in [0.3, 0.4) is 0 Å². The minimum absolute atomic E-state index is 0.167. The molecule has 0 aliphatic rings. The predicted molar refractivity (Wildman–Crippen MR) is 66.2 cm³/mol. The molecule has 6 heteroatoms. The van der Waals surface area contributed by atoms with Crippen molar-refractivity contribution in [2.45, 2.75) is 0 Å². The summed E-state index contributed by atoms with van der Waals surface area (Å²) in [6.07, 6.45) is 1.42. The first kappa shape index (κ1) is 12.4. The van der Waals surface area contributed by atoms with Gasteiger partial charge in [0.1, 0.15) is 5.75 Å². The van der Waals surface area contributed by atoms with E-state index in [0.29, 0.717) is 21.7 Å². The Balaban J connectivity index is 2.67. The molecule has 0 unspecified atom stereocenters. The molecule has 0 fully saturated rings. The molecule has 94 valence electrons. The van der Waals surface area contributed by atoms with Crippen molar-refractivity contribution in [3.8, 4) is 5.75 Å². The van der Waals surface area contributed by atoms with Crippen LogP contribution in [-0.2, 0) is 9.53 Å². The lowest BCUT2D eigenvalue weighted by atomic mass is 10.1. The first-order chi connectivity index (χ1) is 8.60. The Morgan fingerprint density at radius 1 is 1.28 bits per heavy atom. The number of halogens is 1. The number of carbonyl (C=O) groups excluding carboxylic acids is 2. The molecule has 2 rings (SSSR count). The summed E-state index contributed by atoms with van der Waals surface area (Å²) in [7, 11) is 2.66. The second kappa shape index (κ2) is 4.70. The van der Waals surface area contributed by atoms with Gasteiger partial charge in [-0.25, -0.2) is 4.79 Å². The zero-order valence-corrected chi connectivity index (χ0v) is 10.5. The van der Waals surface area contributed by atoms with Gasteiger partial charge in [-0.1, -0.05) is 11.6 Å². The molecule has 2 aromatic rings. The summed E-state index contributed by atoms with van der Waals surface area (Å²) >= 11 is 6.04. The molecular weight excluding hydrogens is 258 g/mol. The summed E-state index contributed by atoms with van der Waals surface area (Å²) in [5, 5.41) is 0.811. The van der Waals surface area contributed by atoms with Crippen molar-refractivity contribution < 1.29 is 19.1 Å². The lowest BCUT2D eigenvalue weighted by molar-refractivity contribution is -0.135. The maximum absolute atomic E-state index is 11.8. The third-order valence-electron chi connectivity index (χ3n) is 2.58. The van der Waals surface area contributed by atoms with E-state index < -0.39 is 11.8 Å². The summed E-state index contributed by atoms with van der Waals surface area (Å²) in [4.78, 5) is 25.9. The minimum Gasteiger partial charge on any atom is -0.495 e. The van der Waals surface area contributed by atoms with Crippen molar-refractivity contribution in [1.82, 2.24) is 4.98 Å². The SMILES string of the molecule is COC(=O)C(=O)c1c[nH]c2c(OC)ccc(Cl)c12. The van der Waals surface area contributed by atoms with E-state index in [1.165, 1.54) is 13.3 Å². The maximum atomic E-state index is 11.8. The van der Waals surface area contributed by atoms with Gasteiger partial charge in [0.2, 0.25) is 0 Å². The number of aromatic amines is 1. The van der Waals surface area contributed by atoms with E-state index in [4.69, 9.17) is 16.3 Å². The van der Waals surface area contributed by atoms with Crippen LogP contribution in [0.25, 0.3) is 10.9 Å². The molecule has 0 saturated heterocycles. The fourth-order valence-corrected chi connectivity index (χ4v) is 1.99. The number of hydrogen-bond donors (Lipinski definition) is 1. The largest absolute Gasteiger partial charge is 0.495 e. The Labute approximate surface area is 108 Å². The van der Waals surface area contributed by atoms with Crippen molar-refractivity contribution in [2.24, 2.45) is 0 Å². The van der Waals surface area contributed by atoms with Crippen LogP contribution >= 0.6 is 11.6 Å². The number of H-pyrrole nitrogens is 1. The number of ketones is 1. The number of hydrogen-bond acceptors (Lipinski definition) is 4. The second-order valence-corrected chi connectivity index (χ2v) is 3.93. The summed E-state index contributed by atoms with van der Waals surface area (Å²) in [6.45, 7) is 0. The number of benzene rings is 1. The number of nitrogens with one attached hydrogen (secondary N) is 1. The van der Waals surface area contributed by atoms with Crippen LogP contribution in [0.4, 0.5) is 0 Å². The number of fused-ring (bicyclic) bond motifs is 1. The smallest absolute Gasteiger partial charge is 0.379 e. The number of ether oxygens (including phenoxy) is 2. The van der Waals surface area contributed by atoms with Gasteiger partial charge in [0.25, 0.3) is 5.78 Å². The number of rotatable bonds is 3. The Morgan fingerprint density at radius 3 is 2.61 bits per heavy atom. The summed E-state index contributed by atoms with van der Waals surface area (Å²) in [6, 6.07) is 3.28. The Morgan fingerprint density at radius 2 is 2.00 bits per heavy atom. The Bertz CT molecular complexity index is 632. The van der Waals surface area contributed by atoms with E-state index in [9.17, 15) is 9.59 Å². The van der Waals surface area contributed by atoms with E-state index in [1.54, 1.807) is 12.1 Å². The van der Waals surface area contributed by atoms with Crippen LogP contribution in [0.2, 0.25) is 5.02 Å². The molecule has 0 spiro atoms. The lowest BCUT2D eigenvalue weighted by Crippen LogP contribution is -2.15. The molecule has 0 amide bonds. The van der Waals surface area contributed by atoms with Crippen LogP contribution in [-0.4, -0.2) is 31.0 Å². The van der Waals surface area contributed by atoms with Gasteiger partial charge in [0.05, 0.1) is 30.3 Å². The van der Waals surface area contributed by atoms with E-state index in [0.717, 1.165) is 7.11 Å². The standard InChI is InChI=1S/C12H10ClNO4/c1-17-8-4-3-7(13)9-6(5-14-10(8)9)11(15)12(16)18-2/h3-5,14H,1-2H3. The fourth-order valence-electron chi connectivity index (χ4n) is 1.73. The topological polar surface area (TPSA) is 68.4 Å². The predicted octanol–water partition coefficient (Wildman–Crippen LogP) is 2.19. The molecule has 0 bridgehead atoms. The molecule has 1 aromatic carbocycles. The number of esters is 1. The van der Waals surface area contributed by atoms with E-state index >= 15 is 0 Å². The molecule has 1 N–H and O–H groups in total. The molecular formula is C12H10ClNO4. The van der Waals surface area contributed by atoms with Gasteiger partial charge in [-0.2, -0.15) is 0 Å². The van der Waals surface area contributed by atoms with Crippen LogP contribution in [0.1, 0.15) is 10.4 Å². The van der Waals surface area contributed by atoms with Gasteiger partial charge in [-0.05, 0) is 12.1 Å². The lowest BCUT2D eigenvalue weighted by Gasteiger charge is -2.03. The van der Waals surface area contributed by atoms with Crippen molar-refractivity contribution in [3.63, 3.8) is 0 Å². The molecule has 0 aliphatic carbocycles. The number of Topliss-reactive ketones (excluding diaryl/α,β-unsaturated/α-hetero) is 1. The average Bonchev–Trinajstić information content (AvgIpc) is 2.83. The van der Waals surface area contributed by atoms with E-state index in [1.807, 2.05) is 0 Å². The third-order valence-corrected chi connectivity index (χ3v) is 2.90. The summed E-state index contributed by atoms with van der Waals surface area (Å²) < 4.78 is 9.55. The van der Waals surface area contributed by atoms with Crippen LogP contribution in [0.5, 0.6) is 5.75 Å². The van der Waals surface area contributed by atoms with Crippen LogP contribution in [0, 0.1) is 0 Å². The highest BCUT2D eigenvalue weighted by atomic mass is 35.5. The average molecular weight is 268 g/mol. The van der Waals surface area contributed by atoms with Crippen LogP contribution < -0.4 is 4.74 Å². The van der Waals surface area contributed by atoms with Gasteiger partial charge in [-0.3, -0.25) is 4.79 Å². The normalized spacial score (nSPS) is 10.4. The number of methoxy groups -OCH3 is 2. The summed E-state index contributed by atoms with van der Waals surface area (Å²) in [5.74, 6) is -1.15. The van der Waals surface area contributed by atoms with Crippen molar-refractivity contribution in [2.75, 3.05) is 14.2 Å². The maximum Gasteiger partial charge on any atom is 0.379 e. The molecule has 0 aliphatic heterocycles. The number of aromatic nitrogens is 1. The molecule has 18 heavy (non-hydrogen) atoms. The summed E-state index contributed by atoms with van der Waals surface area (Å²) in [5.41, 5.74) is 0.734. The Hall–Kier alpha value is -2.01. The van der Waals surface area contributed by atoms with E-state index in [-0.39, 0.29) is 5.56 Å².